The first-order valence-electron chi connectivity index (χ1n) is 10.8. The lowest BCUT2D eigenvalue weighted by Crippen LogP contribution is -2.47. The molecular weight excluding hydrogens is 354 g/mol. The van der Waals surface area contributed by atoms with Crippen molar-refractivity contribution in [1.82, 2.24) is 10.6 Å². The van der Waals surface area contributed by atoms with Crippen molar-refractivity contribution in [3.8, 4) is 11.5 Å². The molecule has 3 fully saturated rings. The highest BCUT2D eigenvalue weighted by Gasteiger charge is 2.41. The SMILES string of the molecule is CCNC(=NCc1ccc(OC)cc1OC1CCCC1)NC1CC2CCC1O2. The third kappa shape index (κ3) is 4.54. The van der Waals surface area contributed by atoms with Gasteiger partial charge < -0.3 is 24.8 Å². The van der Waals surface area contributed by atoms with Gasteiger partial charge in [-0.25, -0.2) is 4.99 Å². The highest BCUT2D eigenvalue weighted by atomic mass is 16.5. The zero-order chi connectivity index (χ0) is 19.3. The molecule has 3 unspecified atom stereocenters. The molecule has 1 saturated carbocycles. The monoisotopic (exact) mass is 387 g/mol. The highest BCUT2D eigenvalue weighted by Crippen LogP contribution is 2.34. The minimum atomic E-state index is 0.312. The zero-order valence-corrected chi connectivity index (χ0v) is 17.1. The molecule has 0 aromatic heterocycles. The summed E-state index contributed by atoms with van der Waals surface area (Å²) in [4.78, 5) is 4.84. The van der Waals surface area contributed by atoms with E-state index in [1.54, 1.807) is 7.11 Å². The van der Waals surface area contributed by atoms with Crippen LogP contribution < -0.4 is 20.1 Å². The molecule has 1 aromatic carbocycles. The molecule has 2 saturated heterocycles. The third-order valence-corrected chi connectivity index (χ3v) is 6.05. The summed E-state index contributed by atoms with van der Waals surface area (Å²) in [5.74, 6) is 2.57. The van der Waals surface area contributed by atoms with E-state index >= 15 is 0 Å². The number of hydrogen-bond acceptors (Lipinski definition) is 4. The van der Waals surface area contributed by atoms with E-state index in [2.05, 4.69) is 23.6 Å². The molecule has 2 heterocycles. The maximum Gasteiger partial charge on any atom is 0.191 e. The van der Waals surface area contributed by atoms with Crippen molar-refractivity contribution in [3.63, 3.8) is 0 Å². The molecule has 2 aliphatic heterocycles. The number of guanidine groups is 1. The molecule has 2 bridgehead atoms. The van der Waals surface area contributed by atoms with Crippen molar-refractivity contribution in [2.75, 3.05) is 13.7 Å². The number of aliphatic imine (C=N–C) groups is 1. The molecule has 2 N–H and O–H groups in total. The molecule has 0 spiro atoms. The summed E-state index contributed by atoms with van der Waals surface area (Å²) in [7, 11) is 1.69. The van der Waals surface area contributed by atoms with Gasteiger partial charge in [-0.15, -0.1) is 0 Å². The van der Waals surface area contributed by atoms with Crippen LogP contribution in [0, 0.1) is 0 Å². The van der Waals surface area contributed by atoms with Gasteiger partial charge in [-0.05, 0) is 64.0 Å². The largest absolute Gasteiger partial charge is 0.497 e. The van der Waals surface area contributed by atoms with Gasteiger partial charge in [0.1, 0.15) is 11.5 Å². The number of nitrogens with one attached hydrogen (secondary N) is 2. The molecule has 0 radical (unpaired) electrons. The van der Waals surface area contributed by atoms with Gasteiger partial charge in [-0.3, -0.25) is 0 Å². The molecule has 3 aliphatic rings. The normalized spacial score (nSPS) is 27.2. The summed E-state index contributed by atoms with van der Waals surface area (Å²) in [5, 5.41) is 6.95. The first-order valence-corrected chi connectivity index (χ1v) is 10.8. The third-order valence-electron chi connectivity index (χ3n) is 6.05. The van der Waals surface area contributed by atoms with Gasteiger partial charge >= 0.3 is 0 Å². The van der Waals surface area contributed by atoms with Gasteiger partial charge in [-0.1, -0.05) is 0 Å². The topological polar surface area (TPSA) is 64.1 Å². The summed E-state index contributed by atoms with van der Waals surface area (Å²) in [5.41, 5.74) is 1.09. The first kappa shape index (κ1) is 19.4. The quantitative estimate of drug-likeness (QED) is 0.555. The second-order valence-electron chi connectivity index (χ2n) is 8.05. The standard InChI is InChI=1S/C22H33N3O3/c1-3-23-22(25-19-12-18-10-11-20(19)28-18)24-14-15-8-9-17(26-2)13-21(15)27-16-6-4-5-7-16/h8-9,13,16,18-20H,3-7,10-12,14H2,1-2H3,(H2,23,24,25). The van der Waals surface area contributed by atoms with E-state index in [1.165, 1.54) is 19.3 Å². The van der Waals surface area contributed by atoms with Crippen LogP contribution in [0.1, 0.15) is 57.4 Å². The number of benzene rings is 1. The van der Waals surface area contributed by atoms with E-state index in [0.29, 0.717) is 30.9 Å². The van der Waals surface area contributed by atoms with Crippen LogP contribution in [0.5, 0.6) is 11.5 Å². The smallest absolute Gasteiger partial charge is 0.191 e. The number of hydrogen-bond donors (Lipinski definition) is 2. The van der Waals surface area contributed by atoms with Gasteiger partial charge in [0, 0.05) is 18.2 Å². The van der Waals surface area contributed by atoms with Gasteiger partial charge in [0.2, 0.25) is 0 Å². The average Bonchev–Trinajstić information content (AvgIpc) is 3.45. The number of methoxy groups -OCH3 is 1. The number of ether oxygens (including phenoxy) is 3. The number of fused-ring (bicyclic) bond motifs is 2. The molecule has 0 amide bonds. The van der Waals surface area contributed by atoms with Crippen LogP contribution >= 0.6 is 0 Å². The lowest BCUT2D eigenvalue weighted by Gasteiger charge is -2.23. The Bertz CT molecular complexity index is 688. The van der Waals surface area contributed by atoms with Gasteiger partial charge in [0.05, 0.1) is 38.0 Å². The summed E-state index contributed by atoms with van der Waals surface area (Å²) in [6, 6.07) is 6.40. The summed E-state index contributed by atoms with van der Waals surface area (Å²) < 4.78 is 17.7. The zero-order valence-electron chi connectivity index (χ0n) is 17.1. The molecule has 3 atom stereocenters. The highest BCUT2D eigenvalue weighted by molar-refractivity contribution is 5.80. The fourth-order valence-corrected chi connectivity index (χ4v) is 4.54. The second kappa shape index (κ2) is 9.03. The van der Waals surface area contributed by atoms with Crippen LogP contribution in [-0.4, -0.2) is 44.0 Å². The molecular formula is C22H33N3O3. The number of rotatable bonds is 7. The Hall–Kier alpha value is -1.95. The molecule has 4 rings (SSSR count). The Kier molecular flexibility index (Phi) is 6.25. The van der Waals surface area contributed by atoms with Crippen molar-refractivity contribution >= 4 is 5.96 Å². The van der Waals surface area contributed by atoms with Crippen molar-refractivity contribution in [3.05, 3.63) is 23.8 Å². The maximum absolute atomic E-state index is 6.30. The van der Waals surface area contributed by atoms with E-state index in [1.807, 2.05) is 12.1 Å². The Morgan fingerprint density at radius 3 is 2.75 bits per heavy atom. The Balaban J connectivity index is 1.45. The van der Waals surface area contributed by atoms with E-state index in [-0.39, 0.29) is 0 Å². The van der Waals surface area contributed by atoms with Crippen molar-refractivity contribution < 1.29 is 14.2 Å². The van der Waals surface area contributed by atoms with Crippen molar-refractivity contribution in [1.29, 1.82) is 0 Å². The Morgan fingerprint density at radius 1 is 1.21 bits per heavy atom. The lowest BCUT2D eigenvalue weighted by molar-refractivity contribution is 0.0992. The fourth-order valence-electron chi connectivity index (χ4n) is 4.54. The van der Waals surface area contributed by atoms with Gasteiger partial charge in [0.25, 0.3) is 0 Å². The molecule has 1 aliphatic carbocycles. The Morgan fingerprint density at radius 2 is 2.07 bits per heavy atom. The second-order valence-corrected chi connectivity index (χ2v) is 8.05. The maximum atomic E-state index is 6.30. The van der Waals surface area contributed by atoms with Crippen LogP contribution in [0.2, 0.25) is 0 Å². The van der Waals surface area contributed by atoms with Crippen molar-refractivity contribution in [2.24, 2.45) is 4.99 Å². The minimum Gasteiger partial charge on any atom is -0.497 e. The van der Waals surface area contributed by atoms with Crippen LogP contribution in [0.4, 0.5) is 0 Å². The first-order chi connectivity index (χ1) is 13.7. The van der Waals surface area contributed by atoms with Crippen LogP contribution in [0.15, 0.2) is 23.2 Å². The predicted octanol–water partition coefficient (Wildman–Crippen LogP) is 3.39. The van der Waals surface area contributed by atoms with E-state index in [4.69, 9.17) is 19.2 Å². The van der Waals surface area contributed by atoms with Gasteiger partial charge in [0.15, 0.2) is 5.96 Å². The summed E-state index contributed by atoms with van der Waals surface area (Å²) in [6.07, 6.45) is 9.27. The molecule has 1 aromatic rings. The molecule has 28 heavy (non-hydrogen) atoms. The van der Waals surface area contributed by atoms with Crippen LogP contribution in [0.25, 0.3) is 0 Å². The lowest BCUT2D eigenvalue weighted by atomic mass is 9.96. The fraction of sp³-hybridized carbons (Fsp3) is 0.682. The summed E-state index contributed by atoms with van der Waals surface area (Å²) >= 11 is 0. The van der Waals surface area contributed by atoms with Crippen LogP contribution in [0.3, 0.4) is 0 Å². The van der Waals surface area contributed by atoms with Gasteiger partial charge in [-0.2, -0.15) is 0 Å². The van der Waals surface area contributed by atoms with E-state index < -0.39 is 0 Å². The van der Waals surface area contributed by atoms with E-state index in [9.17, 15) is 0 Å². The van der Waals surface area contributed by atoms with Crippen LogP contribution in [-0.2, 0) is 11.3 Å². The van der Waals surface area contributed by atoms with Crippen molar-refractivity contribution in [2.45, 2.75) is 82.8 Å². The summed E-state index contributed by atoms with van der Waals surface area (Å²) in [6.45, 7) is 3.50. The average molecular weight is 388 g/mol. The predicted molar refractivity (Wildman–Crippen MR) is 110 cm³/mol. The van der Waals surface area contributed by atoms with E-state index in [0.717, 1.165) is 55.3 Å². The molecule has 6 heteroatoms. The molecule has 6 nitrogen and oxygen atoms in total. The minimum absolute atomic E-state index is 0.312. The number of nitrogens with zero attached hydrogens (tertiary/aromatic N) is 1. The Labute approximate surface area is 168 Å². The molecule has 154 valence electrons.